The Bertz CT molecular complexity index is 1620. The van der Waals surface area contributed by atoms with Crippen LogP contribution < -0.4 is 10.2 Å². The van der Waals surface area contributed by atoms with Crippen LogP contribution >= 0.6 is 34.8 Å². The molecule has 4 heterocycles. The van der Waals surface area contributed by atoms with Gasteiger partial charge in [-0.2, -0.15) is 0 Å². The predicted octanol–water partition coefficient (Wildman–Crippen LogP) is 7.20. The number of ether oxygens (including phenoxy) is 1. The maximum atomic E-state index is 11.9. The summed E-state index contributed by atoms with van der Waals surface area (Å²) >= 11 is 19.8. The Morgan fingerprint density at radius 2 is 1.76 bits per heavy atom. The second kappa shape index (κ2) is 10.7. The highest BCUT2D eigenvalue weighted by atomic mass is 35.5. The summed E-state index contributed by atoms with van der Waals surface area (Å²) in [6.07, 6.45) is 6.28. The number of hydrogen-bond donors (Lipinski definition) is 1. The number of anilines is 1. The third-order valence-corrected chi connectivity index (χ3v) is 9.42. The minimum Gasteiger partial charge on any atom is -0.465 e. The van der Waals surface area contributed by atoms with Crippen LogP contribution in [0.4, 0.5) is 5.82 Å². The van der Waals surface area contributed by atoms with E-state index in [1.165, 1.54) is 7.11 Å². The molecule has 8 nitrogen and oxygen atoms in total. The number of nitrogens with one attached hydrogen (secondary N) is 1. The van der Waals surface area contributed by atoms with Gasteiger partial charge in [-0.1, -0.05) is 46.0 Å². The Balaban J connectivity index is 1.11. The summed E-state index contributed by atoms with van der Waals surface area (Å²) in [5, 5.41) is 9.72. The highest BCUT2D eigenvalue weighted by molar-refractivity contribution is 6.39. The van der Waals surface area contributed by atoms with E-state index in [1.54, 1.807) is 18.2 Å². The summed E-state index contributed by atoms with van der Waals surface area (Å²) in [6, 6.07) is 11.6. The van der Waals surface area contributed by atoms with E-state index >= 15 is 0 Å². The van der Waals surface area contributed by atoms with Crippen LogP contribution in [0.3, 0.4) is 0 Å². The molecule has 41 heavy (non-hydrogen) atoms. The van der Waals surface area contributed by atoms with E-state index in [4.69, 9.17) is 49.0 Å². The smallest absolute Gasteiger partial charge is 0.337 e. The second-order valence-electron chi connectivity index (χ2n) is 11.1. The largest absolute Gasteiger partial charge is 0.465 e. The Morgan fingerprint density at radius 3 is 2.44 bits per heavy atom. The van der Waals surface area contributed by atoms with E-state index < -0.39 is 5.97 Å². The van der Waals surface area contributed by atoms with E-state index in [0.717, 1.165) is 61.1 Å². The molecule has 2 aromatic heterocycles. The molecule has 0 radical (unpaired) electrons. The van der Waals surface area contributed by atoms with Crippen molar-refractivity contribution in [1.82, 2.24) is 20.4 Å². The van der Waals surface area contributed by atoms with Crippen LogP contribution in [0, 0.1) is 0 Å². The topological polar surface area (TPSA) is 93.4 Å². The number of fused-ring (bicyclic) bond motifs is 3. The van der Waals surface area contributed by atoms with Crippen LogP contribution in [-0.4, -0.2) is 46.3 Å². The van der Waals surface area contributed by atoms with Gasteiger partial charge < -0.3 is 19.5 Å². The van der Waals surface area contributed by atoms with Gasteiger partial charge >= 0.3 is 5.97 Å². The molecule has 0 amide bonds. The van der Waals surface area contributed by atoms with E-state index in [-0.39, 0.29) is 0 Å². The maximum Gasteiger partial charge on any atom is 0.337 e. The zero-order valence-corrected chi connectivity index (χ0v) is 24.6. The number of hydrogen-bond acceptors (Lipinski definition) is 8. The van der Waals surface area contributed by atoms with E-state index in [1.807, 2.05) is 18.2 Å². The normalized spacial score (nSPS) is 22.0. The van der Waals surface area contributed by atoms with Crippen molar-refractivity contribution in [2.24, 2.45) is 0 Å². The molecule has 2 aromatic carbocycles. The maximum absolute atomic E-state index is 11.9. The van der Waals surface area contributed by atoms with Gasteiger partial charge in [0.2, 0.25) is 0 Å². The molecule has 2 aliphatic heterocycles. The minimum absolute atomic E-state index is 0.299. The number of carbonyl (C=O) groups excluding carboxylic acids is 1. The molecule has 4 aromatic rings. The van der Waals surface area contributed by atoms with Crippen LogP contribution in [0.5, 0.6) is 0 Å². The van der Waals surface area contributed by atoms with Crippen LogP contribution in [0.15, 0.2) is 40.9 Å². The lowest BCUT2D eigenvalue weighted by molar-refractivity contribution is 0.0601. The number of halogens is 3. The SMILES string of the molecule is COC(=O)c1ccc2nc(N3C4CCC3CC(NCc3c(-c5c(Cl)cccc5Cl)noc3C3CC3)C4)c(Cl)nc2c1. The second-order valence-corrected chi connectivity index (χ2v) is 12.3. The van der Waals surface area contributed by atoms with Gasteiger partial charge in [-0.3, -0.25) is 0 Å². The molecule has 2 unspecified atom stereocenters. The molecule has 1 saturated carbocycles. The van der Waals surface area contributed by atoms with Gasteiger partial charge in [0.15, 0.2) is 11.0 Å². The van der Waals surface area contributed by atoms with Crippen LogP contribution in [-0.2, 0) is 11.3 Å². The Kier molecular flexibility index (Phi) is 7.06. The first kappa shape index (κ1) is 27.0. The molecule has 11 heteroatoms. The van der Waals surface area contributed by atoms with Gasteiger partial charge in [0.05, 0.1) is 33.8 Å². The highest BCUT2D eigenvalue weighted by Gasteiger charge is 2.43. The number of aromatic nitrogens is 3. The molecule has 0 spiro atoms. The quantitative estimate of drug-likeness (QED) is 0.219. The summed E-state index contributed by atoms with van der Waals surface area (Å²) in [4.78, 5) is 23.8. The van der Waals surface area contributed by atoms with Crippen molar-refractivity contribution >= 4 is 57.6 Å². The summed E-state index contributed by atoms with van der Waals surface area (Å²) in [7, 11) is 1.36. The van der Waals surface area contributed by atoms with Gasteiger partial charge in [-0.05, 0) is 68.9 Å². The van der Waals surface area contributed by atoms with Crippen molar-refractivity contribution in [2.75, 3.05) is 12.0 Å². The third kappa shape index (κ3) is 4.95. The molecule has 1 N–H and O–H groups in total. The van der Waals surface area contributed by atoms with Gasteiger partial charge in [0.25, 0.3) is 0 Å². The van der Waals surface area contributed by atoms with Gasteiger partial charge in [0, 0.05) is 41.7 Å². The van der Waals surface area contributed by atoms with Gasteiger partial charge in [-0.25, -0.2) is 14.8 Å². The molecule has 2 saturated heterocycles. The Morgan fingerprint density at radius 1 is 1.02 bits per heavy atom. The van der Waals surface area contributed by atoms with Crippen LogP contribution in [0.1, 0.15) is 66.1 Å². The fraction of sp³-hybridized carbons (Fsp3) is 0.400. The molecule has 7 rings (SSSR count). The van der Waals surface area contributed by atoms with E-state index in [2.05, 4.69) is 20.4 Å². The fourth-order valence-electron chi connectivity index (χ4n) is 6.45. The Hall–Kier alpha value is -2.91. The van der Waals surface area contributed by atoms with Crippen LogP contribution in [0.25, 0.3) is 22.3 Å². The van der Waals surface area contributed by atoms with Crippen molar-refractivity contribution in [1.29, 1.82) is 0 Å². The number of piperidine rings is 1. The standard InChI is InChI=1S/C30H28Cl3N5O3/c1-40-30(39)16-7-10-23-24(11-16)35-28(33)29(36-23)38-18-8-9-19(38)13-17(12-18)34-14-20-26(37-41-27(20)15-5-6-15)25-21(31)3-2-4-22(25)32/h2-4,7,10-11,15,17-19,34H,5-6,8-9,12-14H2,1H3. The predicted molar refractivity (Wildman–Crippen MR) is 159 cm³/mol. The van der Waals surface area contributed by atoms with Crippen molar-refractivity contribution < 1.29 is 14.1 Å². The zero-order chi connectivity index (χ0) is 28.2. The monoisotopic (exact) mass is 611 g/mol. The first-order valence-electron chi connectivity index (χ1n) is 13.9. The molecule has 3 aliphatic rings. The van der Waals surface area contributed by atoms with E-state index in [0.29, 0.717) is 68.2 Å². The molecule has 2 bridgehead atoms. The summed E-state index contributed by atoms with van der Waals surface area (Å²) in [5.74, 6) is 1.64. The first-order chi connectivity index (χ1) is 19.9. The number of esters is 1. The van der Waals surface area contributed by atoms with Crippen molar-refractivity contribution in [3.05, 3.63) is 68.5 Å². The number of methoxy groups -OCH3 is 1. The summed E-state index contributed by atoms with van der Waals surface area (Å²) in [5.41, 5.74) is 4.18. The lowest BCUT2D eigenvalue weighted by atomic mass is 9.96. The average molecular weight is 613 g/mol. The lowest BCUT2D eigenvalue weighted by Gasteiger charge is -2.40. The summed E-state index contributed by atoms with van der Waals surface area (Å²) in [6.45, 7) is 0.634. The molecule has 2 atom stereocenters. The highest BCUT2D eigenvalue weighted by Crippen LogP contribution is 2.46. The molecule has 3 fully saturated rings. The van der Waals surface area contributed by atoms with Crippen LogP contribution in [0.2, 0.25) is 15.2 Å². The third-order valence-electron chi connectivity index (χ3n) is 8.54. The zero-order valence-electron chi connectivity index (χ0n) is 22.4. The van der Waals surface area contributed by atoms with Gasteiger partial charge in [-0.15, -0.1) is 0 Å². The Labute approximate surface area is 252 Å². The number of rotatable bonds is 7. The first-order valence-corrected chi connectivity index (χ1v) is 15.0. The molecule has 1 aliphatic carbocycles. The van der Waals surface area contributed by atoms with Gasteiger partial charge in [0.1, 0.15) is 11.5 Å². The number of benzene rings is 2. The molecule has 212 valence electrons. The number of carbonyl (C=O) groups is 1. The van der Waals surface area contributed by atoms with E-state index in [9.17, 15) is 4.79 Å². The van der Waals surface area contributed by atoms with Crippen molar-refractivity contribution in [2.45, 2.75) is 69.1 Å². The summed E-state index contributed by atoms with van der Waals surface area (Å²) < 4.78 is 10.7. The minimum atomic E-state index is -0.418. The van der Waals surface area contributed by atoms with Crippen molar-refractivity contribution in [3.8, 4) is 11.3 Å². The number of nitrogens with zero attached hydrogens (tertiary/aromatic N) is 4. The van der Waals surface area contributed by atoms with Crippen molar-refractivity contribution in [3.63, 3.8) is 0 Å². The lowest BCUT2D eigenvalue weighted by Crippen LogP contribution is -2.49. The molecular formula is C30H28Cl3N5O3. The average Bonchev–Trinajstić information content (AvgIpc) is 3.68. The fourth-order valence-corrected chi connectivity index (χ4v) is 7.26. The molecular weight excluding hydrogens is 585 g/mol.